The minimum absolute atomic E-state index is 0.448. The molecule has 1 aromatic carbocycles. The van der Waals surface area contributed by atoms with E-state index in [2.05, 4.69) is 34.1 Å². The Bertz CT molecular complexity index is 629. The molecule has 2 unspecified atom stereocenters. The molecule has 4 nitrogen and oxygen atoms in total. The molecule has 2 aliphatic rings. The van der Waals surface area contributed by atoms with Crippen molar-refractivity contribution in [2.45, 2.75) is 38.3 Å². The summed E-state index contributed by atoms with van der Waals surface area (Å²) in [6, 6.07) is 8.90. The largest absolute Gasteiger partial charge is 0.328 e. The number of hydrogen-bond acceptors (Lipinski definition) is 5. The van der Waals surface area contributed by atoms with Crippen molar-refractivity contribution in [3.8, 4) is 0 Å². The van der Waals surface area contributed by atoms with Crippen molar-refractivity contribution in [3.63, 3.8) is 0 Å². The lowest BCUT2D eigenvalue weighted by molar-refractivity contribution is 0.103. The first-order chi connectivity index (χ1) is 11.8. The number of rotatable bonds is 4. The first-order valence-electron chi connectivity index (χ1n) is 9.31. The lowest BCUT2D eigenvalue weighted by atomic mass is 9.86. The first kappa shape index (κ1) is 16.5. The van der Waals surface area contributed by atoms with Crippen LogP contribution in [0.4, 0.5) is 0 Å². The molecule has 2 fully saturated rings. The number of fused-ring (bicyclic) bond motifs is 1. The second-order valence-corrected chi connectivity index (χ2v) is 8.56. The number of piperazine rings is 1. The van der Waals surface area contributed by atoms with Gasteiger partial charge in [0.25, 0.3) is 0 Å². The summed E-state index contributed by atoms with van der Waals surface area (Å²) in [6.45, 7) is 6.96. The van der Waals surface area contributed by atoms with Gasteiger partial charge in [0.15, 0.2) is 0 Å². The molecule has 1 aliphatic heterocycles. The van der Waals surface area contributed by atoms with Gasteiger partial charge in [-0.1, -0.05) is 18.6 Å². The van der Waals surface area contributed by atoms with Gasteiger partial charge in [0.2, 0.25) is 0 Å². The average Bonchev–Trinajstić information content (AvgIpc) is 2.99. The number of nitrogens with zero attached hydrogens (tertiary/aromatic N) is 3. The zero-order valence-corrected chi connectivity index (χ0v) is 15.2. The van der Waals surface area contributed by atoms with Crippen molar-refractivity contribution in [2.24, 2.45) is 11.7 Å². The van der Waals surface area contributed by atoms with Crippen molar-refractivity contribution in [2.75, 3.05) is 32.7 Å². The Balaban J connectivity index is 1.26. The number of hydrogen-bond donors (Lipinski definition) is 1. The van der Waals surface area contributed by atoms with Crippen LogP contribution >= 0.6 is 11.3 Å². The highest BCUT2D eigenvalue weighted by Crippen LogP contribution is 2.25. The minimum Gasteiger partial charge on any atom is -0.328 e. The van der Waals surface area contributed by atoms with E-state index in [1.165, 1.54) is 55.0 Å². The van der Waals surface area contributed by atoms with E-state index in [9.17, 15) is 0 Å². The van der Waals surface area contributed by atoms with Crippen molar-refractivity contribution in [1.82, 2.24) is 14.8 Å². The highest BCUT2D eigenvalue weighted by molar-refractivity contribution is 7.18. The third-order valence-corrected chi connectivity index (χ3v) is 6.52. The van der Waals surface area contributed by atoms with E-state index < -0.39 is 0 Å². The van der Waals surface area contributed by atoms with Gasteiger partial charge >= 0.3 is 0 Å². The van der Waals surface area contributed by atoms with Crippen molar-refractivity contribution in [1.29, 1.82) is 0 Å². The standard InChI is InChI=1S/C19H28N4S/c20-16-5-3-4-15(12-16)13-22-8-10-23(11-9-22)14-19-21-17-6-1-2-7-18(17)24-19/h1-2,6-7,15-16H,3-5,8-14,20H2. The molecule has 24 heavy (non-hydrogen) atoms. The van der Waals surface area contributed by atoms with Crippen LogP contribution in [-0.2, 0) is 6.54 Å². The Hall–Kier alpha value is -1.01. The molecule has 4 rings (SSSR count). The number of nitrogens with two attached hydrogens (primary N) is 1. The van der Waals surface area contributed by atoms with Crippen LogP contribution in [0.15, 0.2) is 24.3 Å². The van der Waals surface area contributed by atoms with Crippen molar-refractivity contribution < 1.29 is 0 Å². The summed E-state index contributed by atoms with van der Waals surface area (Å²) in [7, 11) is 0. The molecule has 0 radical (unpaired) electrons. The second kappa shape index (κ2) is 7.48. The van der Waals surface area contributed by atoms with Gasteiger partial charge in [-0.3, -0.25) is 4.90 Å². The Morgan fingerprint density at radius 1 is 1.08 bits per heavy atom. The quantitative estimate of drug-likeness (QED) is 0.926. The van der Waals surface area contributed by atoms with Crippen LogP contribution in [0.25, 0.3) is 10.2 Å². The SMILES string of the molecule is NC1CCCC(CN2CCN(Cc3nc4ccccc4s3)CC2)C1. The van der Waals surface area contributed by atoms with Gasteiger partial charge in [-0.05, 0) is 37.3 Å². The van der Waals surface area contributed by atoms with Gasteiger partial charge in [0, 0.05) is 38.8 Å². The monoisotopic (exact) mass is 344 g/mol. The Morgan fingerprint density at radius 3 is 2.67 bits per heavy atom. The maximum Gasteiger partial charge on any atom is 0.108 e. The molecule has 1 saturated heterocycles. The number of para-hydroxylation sites is 1. The minimum atomic E-state index is 0.448. The van der Waals surface area contributed by atoms with Crippen LogP contribution < -0.4 is 5.73 Å². The summed E-state index contributed by atoms with van der Waals surface area (Å²) in [5, 5.41) is 1.25. The molecule has 2 N–H and O–H groups in total. The topological polar surface area (TPSA) is 45.4 Å². The number of benzene rings is 1. The predicted octanol–water partition coefficient (Wildman–Crippen LogP) is 2.93. The van der Waals surface area contributed by atoms with E-state index in [0.29, 0.717) is 6.04 Å². The molecule has 1 aromatic heterocycles. The maximum atomic E-state index is 6.14. The summed E-state index contributed by atoms with van der Waals surface area (Å²) in [4.78, 5) is 9.98. The zero-order chi connectivity index (χ0) is 16.4. The van der Waals surface area contributed by atoms with Crippen molar-refractivity contribution in [3.05, 3.63) is 29.3 Å². The van der Waals surface area contributed by atoms with Crippen molar-refractivity contribution >= 4 is 21.6 Å². The fourth-order valence-electron chi connectivity index (χ4n) is 4.17. The molecule has 1 saturated carbocycles. The van der Waals surface area contributed by atoms with Crippen LogP contribution in [0.2, 0.25) is 0 Å². The van der Waals surface area contributed by atoms with Gasteiger partial charge in [-0.25, -0.2) is 4.98 Å². The fourth-order valence-corrected chi connectivity index (χ4v) is 5.18. The third-order valence-electron chi connectivity index (χ3n) is 5.50. The molecule has 5 heteroatoms. The zero-order valence-electron chi connectivity index (χ0n) is 14.4. The summed E-state index contributed by atoms with van der Waals surface area (Å²) in [5.74, 6) is 0.824. The molecule has 0 bridgehead atoms. The third kappa shape index (κ3) is 3.97. The van der Waals surface area contributed by atoms with Gasteiger partial charge in [0.1, 0.15) is 5.01 Å². The highest BCUT2D eigenvalue weighted by Gasteiger charge is 2.24. The van der Waals surface area contributed by atoms with Gasteiger partial charge in [-0.2, -0.15) is 0 Å². The van der Waals surface area contributed by atoms with E-state index in [1.807, 2.05) is 11.3 Å². The highest BCUT2D eigenvalue weighted by atomic mass is 32.1. The molecule has 1 aliphatic carbocycles. The Morgan fingerprint density at radius 2 is 1.88 bits per heavy atom. The van der Waals surface area contributed by atoms with Gasteiger partial charge in [-0.15, -0.1) is 11.3 Å². The molecule has 0 spiro atoms. The maximum absolute atomic E-state index is 6.14. The summed E-state index contributed by atoms with van der Waals surface area (Å²) < 4.78 is 1.31. The van der Waals surface area contributed by atoms with Crippen LogP contribution in [0, 0.1) is 5.92 Å². The van der Waals surface area contributed by atoms with E-state index in [0.717, 1.165) is 31.1 Å². The average molecular weight is 345 g/mol. The van der Waals surface area contributed by atoms with E-state index in [1.54, 1.807) is 0 Å². The van der Waals surface area contributed by atoms with Gasteiger partial charge < -0.3 is 10.6 Å². The van der Waals surface area contributed by atoms with Crippen LogP contribution in [0.1, 0.15) is 30.7 Å². The Labute approximate surface area is 148 Å². The summed E-state index contributed by atoms with van der Waals surface area (Å²) in [5.41, 5.74) is 7.28. The lowest BCUT2D eigenvalue weighted by Gasteiger charge is -2.37. The molecule has 0 amide bonds. The molecular weight excluding hydrogens is 316 g/mol. The summed E-state index contributed by atoms with van der Waals surface area (Å²) >= 11 is 1.84. The fraction of sp³-hybridized carbons (Fsp3) is 0.632. The molecule has 2 atom stereocenters. The molecule has 2 heterocycles. The first-order valence-corrected chi connectivity index (χ1v) is 10.1. The second-order valence-electron chi connectivity index (χ2n) is 7.44. The molecule has 130 valence electrons. The number of thiazole rings is 1. The molecular formula is C19H28N4S. The predicted molar refractivity (Wildman–Crippen MR) is 101 cm³/mol. The molecule has 2 aromatic rings. The van der Waals surface area contributed by atoms with Gasteiger partial charge in [0.05, 0.1) is 16.8 Å². The lowest BCUT2D eigenvalue weighted by Crippen LogP contribution is -2.48. The number of aromatic nitrogens is 1. The van der Waals surface area contributed by atoms with Crippen LogP contribution in [0.3, 0.4) is 0 Å². The summed E-state index contributed by atoms with van der Waals surface area (Å²) in [6.07, 6.45) is 5.15. The van der Waals surface area contributed by atoms with Crippen LogP contribution in [-0.4, -0.2) is 53.5 Å². The van der Waals surface area contributed by atoms with E-state index in [4.69, 9.17) is 10.7 Å². The Kier molecular flexibility index (Phi) is 5.13. The smallest absolute Gasteiger partial charge is 0.108 e. The van der Waals surface area contributed by atoms with Crippen LogP contribution in [0.5, 0.6) is 0 Å². The van der Waals surface area contributed by atoms with E-state index in [-0.39, 0.29) is 0 Å². The van der Waals surface area contributed by atoms with E-state index >= 15 is 0 Å². The normalized spacial score (nSPS) is 26.9.